The lowest BCUT2D eigenvalue weighted by Gasteiger charge is -2.14. The molecule has 8 heteroatoms. The highest BCUT2D eigenvalue weighted by Gasteiger charge is 2.16. The molecular formula is C26H21ClF2N4O. The van der Waals surface area contributed by atoms with Crippen molar-refractivity contribution in [2.45, 2.75) is 13.0 Å². The number of nitrogens with zero attached hydrogens (tertiary/aromatic N) is 2. The summed E-state index contributed by atoms with van der Waals surface area (Å²) in [4.78, 5) is 21.5. The molecule has 0 spiro atoms. The van der Waals surface area contributed by atoms with Crippen LogP contribution in [0.2, 0.25) is 5.02 Å². The Balaban J connectivity index is 1.58. The molecule has 0 unspecified atom stereocenters. The third-order valence-electron chi connectivity index (χ3n) is 5.12. The summed E-state index contributed by atoms with van der Waals surface area (Å²) in [5, 5.41) is 6.36. The van der Waals surface area contributed by atoms with Crippen molar-refractivity contribution in [2.75, 3.05) is 11.9 Å². The van der Waals surface area contributed by atoms with Gasteiger partial charge in [-0.25, -0.2) is 13.8 Å². The molecule has 2 aromatic heterocycles. The molecule has 0 atom stereocenters. The quantitative estimate of drug-likeness (QED) is 0.343. The molecule has 1 amide bonds. The minimum atomic E-state index is -0.444. The fourth-order valence-corrected chi connectivity index (χ4v) is 3.63. The van der Waals surface area contributed by atoms with E-state index in [9.17, 15) is 13.6 Å². The van der Waals surface area contributed by atoms with Gasteiger partial charge in [-0.2, -0.15) is 0 Å². The first-order valence-electron chi connectivity index (χ1n) is 10.6. The van der Waals surface area contributed by atoms with E-state index in [4.69, 9.17) is 11.6 Å². The van der Waals surface area contributed by atoms with Crippen LogP contribution in [0.3, 0.4) is 0 Å². The summed E-state index contributed by atoms with van der Waals surface area (Å²) in [7, 11) is 0. The lowest BCUT2D eigenvalue weighted by Crippen LogP contribution is -2.25. The fourth-order valence-electron chi connectivity index (χ4n) is 3.42. The van der Waals surface area contributed by atoms with Crippen LogP contribution in [0.5, 0.6) is 0 Å². The van der Waals surface area contributed by atoms with Crippen LogP contribution >= 0.6 is 11.6 Å². The molecule has 0 fully saturated rings. The molecule has 0 aliphatic heterocycles. The fraction of sp³-hybridized carbons (Fsp3) is 0.115. The highest BCUT2D eigenvalue weighted by atomic mass is 35.5. The molecule has 0 saturated carbocycles. The minimum Gasteiger partial charge on any atom is -0.369 e. The number of hydrogen-bond donors (Lipinski definition) is 2. The maximum Gasteiger partial charge on any atom is 0.255 e. The van der Waals surface area contributed by atoms with Gasteiger partial charge in [0, 0.05) is 31.0 Å². The first-order valence-corrected chi connectivity index (χ1v) is 11.0. The van der Waals surface area contributed by atoms with Gasteiger partial charge in [-0.05, 0) is 66.1 Å². The smallest absolute Gasteiger partial charge is 0.255 e. The van der Waals surface area contributed by atoms with Gasteiger partial charge in [0.15, 0.2) is 0 Å². The zero-order valence-electron chi connectivity index (χ0n) is 18.1. The molecule has 4 rings (SSSR count). The van der Waals surface area contributed by atoms with Gasteiger partial charge in [-0.3, -0.25) is 9.78 Å². The summed E-state index contributed by atoms with van der Waals surface area (Å²) in [5.41, 5.74) is 2.81. The standard InChI is InChI=1S/C26H21ClF2N4O/c27-23-8-6-20(29)14-22(23)24-9-7-21(26(34)32-16-18-4-2-11-30-15-18)25(33-24)31-12-10-17-3-1-5-19(28)13-17/h1-9,11,13-15H,10,12,16H2,(H,31,33)(H,32,34). The van der Waals surface area contributed by atoms with E-state index in [2.05, 4.69) is 20.6 Å². The topological polar surface area (TPSA) is 66.9 Å². The number of hydrogen-bond acceptors (Lipinski definition) is 4. The zero-order valence-corrected chi connectivity index (χ0v) is 18.8. The van der Waals surface area contributed by atoms with Crippen LogP contribution in [0.4, 0.5) is 14.6 Å². The summed E-state index contributed by atoms with van der Waals surface area (Å²) >= 11 is 6.25. The number of carbonyl (C=O) groups excluding carboxylic acids is 1. The number of halogens is 3. The Labute approximate surface area is 200 Å². The van der Waals surface area contributed by atoms with Gasteiger partial charge in [0.2, 0.25) is 0 Å². The van der Waals surface area contributed by atoms with Crippen molar-refractivity contribution in [3.05, 3.63) is 112 Å². The monoisotopic (exact) mass is 478 g/mol. The Bertz CT molecular complexity index is 1300. The summed E-state index contributed by atoms with van der Waals surface area (Å²) in [5.74, 6) is -0.770. The van der Waals surface area contributed by atoms with Gasteiger partial charge in [-0.1, -0.05) is 29.8 Å². The predicted octanol–water partition coefficient (Wildman–Crippen LogP) is 5.66. The molecule has 4 aromatic rings. The van der Waals surface area contributed by atoms with E-state index in [0.29, 0.717) is 47.2 Å². The second-order valence-corrected chi connectivity index (χ2v) is 7.97. The third-order valence-corrected chi connectivity index (χ3v) is 5.44. The molecule has 0 aliphatic carbocycles. The van der Waals surface area contributed by atoms with E-state index in [1.165, 1.54) is 30.3 Å². The van der Waals surface area contributed by atoms with Crippen molar-refractivity contribution < 1.29 is 13.6 Å². The molecule has 0 radical (unpaired) electrons. The molecular weight excluding hydrogens is 458 g/mol. The number of benzene rings is 2. The molecule has 5 nitrogen and oxygen atoms in total. The van der Waals surface area contributed by atoms with Gasteiger partial charge < -0.3 is 10.6 Å². The molecule has 0 aliphatic rings. The number of anilines is 1. The van der Waals surface area contributed by atoms with Crippen LogP contribution in [0.1, 0.15) is 21.5 Å². The Kier molecular flexibility index (Phi) is 7.44. The van der Waals surface area contributed by atoms with Crippen molar-refractivity contribution in [3.63, 3.8) is 0 Å². The maximum atomic E-state index is 13.8. The van der Waals surface area contributed by atoms with E-state index >= 15 is 0 Å². The largest absolute Gasteiger partial charge is 0.369 e. The van der Waals surface area contributed by atoms with E-state index in [-0.39, 0.29) is 11.7 Å². The van der Waals surface area contributed by atoms with Crippen molar-refractivity contribution in [3.8, 4) is 11.3 Å². The van der Waals surface area contributed by atoms with Crippen LogP contribution in [-0.4, -0.2) is 22.4 Å². The first-order chi connectivity index (χ1) is 16.5. The van der Waals surface area contributed by atoms with Gasteiger partial charge in [0.25, 0.3) is 5.91 Å². The Morgan fingerprint density at radius 1 is 0.941 bits per heavy atom. The maximum absolute atomic E-state index is 13.8. The number of aromatic nitrogens is 2. The van der Waals surface area contributed by atoms with Gasteiger partial charge in [0.05, 0.1) is 16.3 Å². The second-order valence-electron chi connectivity index (χ2n) is 7.57. The summed E-state index contributed by atoms with van der Waals surface area (Å²) in [6, 6.07) is 17.2. The lowest BCUT2D eigenvalue weighted by atomic mass is 10.1. The van der Waals surface area contributed by atoms with Gasteiger partial charge >= 0.3 is 0 Å². The zero-order chi connectivity index (χ0) is 23.9. The first kappa shape index (κ1) is 23.3. The molecule has 2 aromatic carbocycles. The van der Waals surface area contributed by atoms with E-state index in [1.807, 2.05) is 12.1 Å². The van der Waals surface area contributed by atoms with Crippen molar-refractivity contribution in [2.24, 2.45) is 0 Å². The van der Waals surface area contributed by atoms with Crippen LogP contribution in [0, 0.1) is 11.6 Å². The summed E-state index contributed by atoms with van der Waals surface area (Å²) in [6.07, 6.45) is 3.85. The average molecular weight is 479 g/mol. The lowest BCUT2D eigenvalue weighted by molar-refractivity contribution is 0.0951. The number of carbonyl (C=O) groups is 1. The molecule has 172 valence electrons. The van der Waals surface area contributed by atoms with Crippen LogP contribution in [-0.2, 0) is 13.0 Å². The molecule has 2 N–H and O–H groups in total. The normalized spacial score (nSPS) is 10.7. The van der Waals surface area contributed by atoms with E-state index in [1.54, 1.807) is 36.7 Å². The second kappa shape index (κ2) is 10.9. The Hall–Kier alpha value is -3.84. The molecule has 34 heavy (non-hydrogen) atoms. The highest BCUT2D eigenvalue weighted by molar-refractivity contribution is 6.33. The van der Waals surface area contributed by atoms with Crippen molar-refractivity contribution in [1.29, 1.82) is 0 Å². The predicted molar refractivity (Wildman–Crippen MR) is 129 cm³/mol. The van der Waals surface area contributed by atoms with Crippen LogP contribution in [0.15, 0.2) is 79.1 Å². The van der Waals surface area contributed by atoms with Crippen molar-refractivity contribution >= 4 is 23.3 Å². The summed E-state index contributed by atoms with van der Waals surface area (Å²) < 4.78 is 27.3. The SMILES string of the molecule is O=C(NCc1cccnc1)c1ccc(-c2cc(F)ccc2Cl)nc1NCCc1cccc(F)c1. The average Bonchev–Trinajstić information content (AvgIpc) is 2.85. The van der Waals surface area contributed by atoms with E-state index < -0.39 is 5.82 Å². The molecule has 0 saturated heterocycles. The Morgan fingerprint density at radius 2 is 1.76 bits per heavy atom. The summed E-state index contributed by atoms with van der Waals surface area (Å²) in [6.45, 7) is 0.701. The third kappa shape index (κ3) is 5.94. The van der Waals surface area contributed by atoms with Crippen LogP contribution < -0.4 is 10.6 Å². The van der Waals surface area contributed by atoms with Crippen LogP contribution in [0.25, 0.3) is 11.3 Å². The van der Waals surface area contributed by atoms with E-state index in [0.717, 1.165) is 11.1 Å². The molecule has 2 heterocycles. The number of pyridine rings is 2. The van der Waals surface area contributed by atoms with Crippen molar-refractivity contribution in [1.82, 2.24) is 15.3 Å². The number of amides is 1. The number of nitrogens with one attached hydrogen (secondary N) is 2. The molecule has 0 bridgehead atoms. The van der Waals surface area contributed by atoms with Gasteiger partial charge in [-0.15, -0.1) is 0 Å². The minimum absolute atomic E-state index is 0.298. The Morgan fingerprint density at radius 3 is 2.56 bits per heavy atom. The van der Waals surface area contributed by atoms with Gasteiger partial charge in [0.1, 0.15) is 17.5 Å². The number of rotatable bonds is 8. The highest BCUT2D eigenvalue weighted by Crippen LogP contribution is 2.29.